The summed E-state index contributed by atoms with van der Waals surface area (Å²) in [6, 6.07) is 12.1. The van der Waals surface area contributed by atoms with E-state index in [1.807, 2.05) is 0 Å². The zero-order valence-electron chi connectivity index (χ0n) is 15.8. The molecule has 1 heterocycles. The number of carbonyl (C=O) groups is 1. The number of hydrogen-bond donors (Lipinski definition) is 2. The van der Waals surface area contributed by atoms with E-state index in [1.165, 1.54) is 48.5 Å². The third-order valence-electron chi connectivity index (χ3n) is 4.35. The number of nitro groups is 1. The van der Waals surface area contributed by atoms with Crippen molar-refractivity contribution in [3.05, 3.63) is 97.7 Å². The first kappa shape index (κ1) is 20.8. The molecule has 0 aliphatic heterocycles. The number of hydrogen-bond acceptors (Lipinski definition) is 6. The number of benzene rings is 2. The van der Waals surface area contributed by atoms with E-state index in [0.29, 0.717) is 11.3 Å². The molecule has 2 N–H and O–H groups in total. The highest BCUT2D eigenvalue weighted by molar-refractivity contribution is 5.92. The highest BCUT2D eigenvalue weighted by Crippen LogP contribution is 2.17. The molecule has 0 unspecified atom stereocenters. The summed E-state index contributed by atoms with van der Waals surface area (Å²) in [6.45, 7) is 1.30. The standard InChI is InChI=1S/C20H17FN4O5/c1-12-10-17(26)19(23-24(12)16-5-3-2-4-15(16)21)20(28)22-11-18(27)13-6-8-14(9-7-13)25(29)30/h2-10,18,27H,11H2,1H3,(H,22,28)/t18-/m1/s1. The van der Waals surface area contributed by atoms with E-state index in [2.05, 4.69) is 10.4 Å². The molecule has 0 spiro atoms. The van der Waals surface area contributed by atoms with Crippen molar-refractivity contribution in [3.8, 4) is 5.69 Å². The van der Waals surface area contributed by atoms with Crippen molar-refractivity contribution >= 4 is 11.6 Å². The van der Waals surface area contributed by atoms with Crippen LogP contribution >= 0.6 is 0 Å². The van der Waals surface area contributed by atoms with Crippen LogP contribution in [-0.2, 0) is 0 Å². The summed E-state index contributed by atoms with van der Waals surface area (Å²) in [4.78, 5) is 34.8. The highest BCUT2D eigenvalue weighted by Gasteiger charge is 2.18. The summed E-state index contributed by atoms with van der Waals surface area (Å²) < 4.78 is 15.2. The molecule has 3 rings (SSSR count). The van der Waals surface area contributed by atoms with Gasteiger partial charge in [-0.3, -0.25) is 19.7 Å². The van der Waals surface area contributed by atoms with Gasteiger partial charge in [0, 0.05) is 30.4 Å². The van der Waals surface area contributed by atoms with Crippen LogP contribution in [0.1, 0.15) is 27.8 Å². The molecule has 1 amide bonds. The Morgan fingerprint density at radius 3 is 2.57 bits per heavy atom. The Hall–Kier alpha value is -3.92. The fourth-order valence-electron chi connectivity index (χ4n) is 2.78. The predicted molar refractivity (Wildman–Crippen MR) is 105 cm³/mol. The Balaban J connectivity index is 1.78. The van der Waals surface area contributed by atoms with Crippen molar-refractivity contribution < 1.29 is 19.2 Å². The van der Waals surface area contributed by atoms with E-state index >= 15 is 0 Å². The van der Waals surface area contributed by atoms with Crippen molar-refractivity contribution in [2.75, 3.05) is 6.54 Å². The summed E-state index contributed by atoms with van der Waals surface area (Å²) in [5.74, 6) is -1.41. The molecule has 1 atom stereocenters. The summed E-state index contributed by atoms with van der Waals surface area (Å²) >= 11 is 0. The smallest absolute Gasteiger partial charge is 0.275 e. The third kappa shape index (κ3) is 4.39. The fourth-order valence-corrected chi connectivity index (χ4v) is 2.78. The summed E-state index contributed by atoms with van der Waals surface area (Å²) in [7, 11) is 0. The minimum Gasteiger partial charge on any atom is -0.387 e. The number of aryl methyl sites for hydroxylation is 1. The maximum Gasteiger partial charge on any atom is 0.275 e. The number of nitrogens with one attached hydrogen (secondary N) is 1. The first-order chi connectivity index (χ1) is 14.3. The fraction of sp³-hybridized carbons (Fsp3) is 0.150. The Kier molecular flexibility index (Phi) is 5.98. The molecule has 10 heteroatoms. The predicted octanol–water partition coefficient (Wildman–Crippen LogP) is 2.05. The first-order valence-corrected chi connectivity index (χ1v) is 8.84. The van der Waals surface area contributed by atoms with Gasteiger partial charge in [-0.2, -0.15) is 5.10 Å². The maximum absolute atomic E-state index is 14.1. The normalized spacial score (nSPS) is 11.7. The van der Waals surface area contributed by atoms with Gasteiger partial charge >= 0.3 is 0 Å². The van der Waals surface area contributed by atoms with Crippen LogP contribution in [-0.4, -0.2) is 32.3 Å². The lowest BCUT2D eigenvalue weighted by molar-refractivity contribution is -0.384. The minimum atomic E-state index is -1.16. The molecule has 9 nitrogen and oxygen atoms in total. The van der Waals surface area contributed by atoms with Crippen LogP contribution in [0.5, 0.6) is 0 Å². The number of halogens is 1. The Labute approximate surface area is 169 Å². The highest BCUT2D eigenvalue weighted by atomic mass is 19.1. The van der Waals surface area contributed by atoms with Gasteiger partial charge in [0.1, 0.15) is 11.5 Å². The van der Waals surface area contributed by atoms with E-state index in [1.54, 1.807) is 13.0 Å². The molecule has 0 aliphatic rings. The van der Waals surface area contributed by atoms with Gasteiger partial charge in [0.2, 0.25) is 5.43 Å². The molecule has 0 bridgehead atoms. The van der Waals surface area contributed by atoms with Gasteiger partial charge in [-0.1, -0.05) is 12.1 Å². The molecule has 0 aliphatic carbocycles. The van der Waals surface area contributed by atoms with Crippen molar-refractivity contribution in [2.45, 2.75) is 13.0 Å². The third-order valence-corrected chi connectivity index (χ3v) is 4.35. The monoisotopic (exact) mass is 412 g/mol. The van der Waals surface area contributed by atoms with Crippen molar-refractivity contribution in [1.82, 2.24) is 15.1 Å². The number of aromatic nitrogens is 2. The van der Waals surface area contributed by atoms with Gasteiger partial charge < -0.3 is 10.4 Å². The van der Waals surface area contributed by atoms with E-state index < -0.39 is 33.9 Å². The summed E-state index contributed by atoms with van der Waals surface area (Å²) in [5, 5.41) is 27.3. The zero-order valence-corrected chi connectivity index (χ0v) is 15.8. The lowest BCUT2D eigenvalue weighted by Crippen LogP contribution is -2.34. The van der Waals surface area contributed by atoms with E-state index in [0.717, 1.165) is 4.68 Å². The second-order valence-corrected chi connectivity index (χ2v) is 6.44. The van der Waals surface area contributed by atoms with E-state index in [9.17, 15) is 29.2 Å². The van der Waals surface area contributed by atoms with Gasteiger partial charge in [0.15, 0.2) is 5.69 Å². The number of rotatable bonds is 6. The number of nitro benzene ring substituents is 1. The number of non-ortho nitro benzene ring substituents is 1. The van der Waals surface area contributed by atoms with Crippen LogP contribution in [0.25, 0.3) is 5.69 Å². The number of amides is 1. The molecule has 0 saturated heterocycles. The first-order valence-electron chi connectivity index (χ1n) is 8.84. The average Bonchev–Trinajstić information content (AvgIpc) is 2.72. The minimum absolute atomic E-state index is 0.0787. The van der Waals surface area contributed by atoms with Crippen LogP contribution < -0.4 is 10.7 Å². The number of nitrogens with zero attached hydrogens (tertiary/aromatic N) is 3. The zero-order chi connectivity index (χ0) is 21.8. The molecule has 3 aromatic rings. The quantitative estimate of drug-likeness (QED) is 0.471. The number of para-hydroxylation sites is 1. The van der Waals surface area contributed by atoms with Gasteiger partial charge in [0.05, 0.1) is 11.0 Å². The maximum atomic E-state index is 14.1. The second kappa shape index (κ2) is 8.62. The van der Waals surface area contributed by atoms with Gasteiger partial charge in [-0.15, -0.1) is 0 Å². The molecule has 0 radical (unpaired) electrons. The van der Waals surface area contributed by atoms with Crippen molar-refractivity contribution in [2.24, 2.45) is 0 Å². The Morgan fingerprint density at radius 1 is 1.27 bits per heavy atom. The molecule has 0 saturated carbocycles. The van der Waals surface area contributed by atoms with E-state index in [4.69, 9.17) is 0 Å². The summed E-state index contributed by atoms with van der Waals surface area (Å²) in [5.41, 5.74) is -0.473. The molecule has 154 valence electrons. The van der Waals surface area contributed by atoms with Crippen LogP contribution in [0.15, 0.2) is 59.4 Å². The topological polar surface area (TPSA) is 127 Å². The Morgan fingerprint density at radius 2 is 1.93 bits per heavy atom. The van der Waals surface area contributed by atoms with Crippen LogP contribution in [0, 0.1) is 22.9 Å². The van der Waals surface area contributed by atoms with Crippen molar-refractivity contribution in [1.29, 1.82) is 0 Å². The average molecular weight is 412 g/mol. The SMILES string of the molecule is Cc1cc(=O)c(C(=O)NC[C@@H](O)c2ccc([N+](=O)[O-])cc2)nn1-c1ccccc1F. The lowest BCUT2D eigenvalue weighted by atomic mass is 10.1. The molecular formula is C20H17FN4O5. The molecule has 0 fully saturated rings. The number of carbonyl (C=O) groups excluding carboxylic acids is 1. The second-order valence-electron chi connectivity index (χ2n) is 6.44. The largest absolute Gasteiger partial charge is 0.387 e. The molecule has 30 heavy (non-hydrogen) atoms. The van der Waals surface area contributed by atoms with Gasteiger partial charge in [-0.05, 0) is 36.8 Å². The van der Waals surface area contributed by atoms with Gasteiger partial charge in [-0.25, -0.2) is 9.07 Å². The molecule has 2 aromatic carbocycles. The Bertz CT molecular complexity index is 1160. The summed E-state index contributed by atoms with van der Waals surface area (Å²) in [6.07, 6.45) is -1.16. The van der Waals surface area contributed by atoms with Gasteiger partial charge in [0.25, 0.3) is 11.6 Å². The molecule has 1 aromatic heterocycles. The van der Waals surface area contributed by atoms with Crippen LogP contribution in [0.3, 0.4) is 0 Å². The van der Waals surface area contributed by atoms with Crippen LogP contribution in [0.4, 0.5) is 10.1 Å². The van der Waals surface area contributed by atoms with Crippen LogP contribution in [0.2, 0.25) is 0 Å². The lowest BCUT2D eigenvalue weighted by Gasteiger charge is -2.14. The molecular weight excluding hydrogens is 395 g/mol. The van der Waals surface area contributed by atoms with Crippen molar-refractivity contribution in [3.63, 3.8) is 0 Å². The number of aliphatic hydroxyl groups excluding tert-OH is 1. The van der Waals surface area contributed by atoms with E-state index in [-0.39, 0.29) is 17.9 Å². The number of aliphatic hydroxyl groups is 1.